The molecule has 3 aliphatic rings. The number of carbonyl (C=O) groups excluding carboxylic acids is 3. The number of nitrogens with one attached hydrogen (secondary N) is 1. The molecule has 0 spiro atoms. The minimum atomic E-state index is -1.33. The highest BCUT2D eigenvalue weighted by Crippen LogP contribution is 2.49. The third-order valence-corrected chi connectivity index (χ3v) is 10.8. The number of ether oxygens (including phenoxy) is 2. The van der Waals surface area contributed by atoms with Crippen LogP contribution in [0, 0.1) is 11.8 Å². The van der Waals surface area contributed by atoms with E-state index in [9.17, 15) is 24.3 Å². The van der Waals surface area contributed by atoms with Crippen molar-refractivity contribution < 1.29 is 38.2 Å². The van der Waals surface area contributed by atoms with E-state index in [1.807, 2.05) is 23.1 Å². The van der Waals surface area contributed by atoms with E-state index in [0.29, 0.717) is 62.5 Å². The normalized spacial score (nSPS) is 21.7. The maximum atomic E-state index is 13.7. The Morgan fingerprint density at radius 1 is 1.16 bits per heavy atom. The molecule has 0 radical (unpaired) electrons. The van der Waals surface area contributed by atoms with Crippen LogP contribution in [0.15, 0.2) is 33.6 Å². The number of hydrogen-bond donors (Lipinski definition) is 3. The van der Waals surface area contributed by atoms with Crippen LogP contribution in [0.25, 0.3) is 17.4 Å². The third-order valence-electron chi connectivity index (χ3n) is 9.46. The minimum absolute atomic E-state index is 0.103. The van der Waals surface area contributed by atoms with E-state index in [1.165, 1.54) is 18.2 Å². The molecular formula is C35H44N4O8S2. The predicted octanol–water partition coefficient (Wildman–Crippen LogP) is 5.42. The number of thioether (sulfide) groups is 1. The third kappa shape index (κ3) is 8.07. The lowest BCUT2D eigenvalue weighted by molar-refractivity contribution is -0.131. The van der Waals surface area contributed by atoms with Gasteiger partial charge in [-0.05, 0) is 88.5 Å². The van der Waals surface area contributed by atoms with Gasteiger partial charge in [0.2, 0.25) is 11.8 Å². The van der Waals surface area contributed by atoms with Gasteiger partial charge in [-0.3, -0.25) is 24.2 Å². The highest BCUT2D eigenvalue weighted by atomic mass is 32.2. The van der Waals surface area contributed by atoms with Crippen LogP contribution in [0.5, 0.6) is 11.5 Å². The highest BCUT2D eigenvalue weighted by molar-refractivity contribution is 8.26. The molecule has 3 fully saturated rings. The van der Waals surface area contributed by atoms with E-state index >= 15 is 0 Å². The molecular weight excluding hydrogens is 669 g/mol. The summed E-state index contributed by atoms with van der Waals surface area (Å²) < 4.78 is 17.9. The zero-order valence-electron chi connectivity index (χ0n) is 28.4. The zero-order chi connectivity index (χ0) is 35.6. The Labute approximate surface area is 295 Å². The number of nitrogens with two attached hydrogens (primary N) is 1. The lowest BCUT2D eigenvalue weighted by Gasteiger charge is -2.38. The molecule has 5 rings (SSSR count). The van der Waals surface area contributed by atoms with Crippen molar-refractivity contribution in [2.45, 2.75) is 83.3 Å². The summed E-state index contributed by atoms with van der Waals surface area (Å²) in [5.41, 5.74) is 5.94. The summed E-state index contributed by atoms with van der Waals surface area (Å²) in [4.78, 5) is 54.1. The number of aryl methyl sites for hydroxylation is 1. The van der Waals surface area contributed by atoms with Crippen molar-refractivity contribution in [2.75, 3.05) is 20.8 Å². The first-order valence-corrected chi connectivity index (χ1v) is 17.6. The Morgan fingerprint density at radius 3 is 2.41 bits per heavy atom. The first-order chi connectivity index (χ1) is 23.2. The maximum absolute atomic E-state index is 13.7. The van der Waals surface area contributed by atoms with Crippen molar-refractivity contribution in [1.82, 2.24) is 15.1 Å². The van der Waals surface area contributed by atoms with Crippen LogP contribution in [-0.4, -0.2) is 81.4 Å². The number of carbonyl (C=O) groups is 4. The number of furan rings is 1. The van der Waals surface area contributed by atoms with Crippen LogP contribution in [0.1, 0.15) is 70.6 Å². The molecule has 4 N–H and O–H groups in total. The second kappa shape index (κ2) is 14.8. The van der Waals surface area contributed by atoms with Gasteiger partial charge in [-0.15, -0.1) is 0 Å². The number of rotatable bonds is 13. The van der Waals surface area contributed by atoms with Gasteiger partial charge in [0.05, 0.1) is 25.5 Å². The zero-order valence-corrected chi connectivity index (χ0v) is 30.1. The predicted molar refractivity (Wildman–Crippen MR) is 190 cm³/mol. The number of thiocarbonyl (C=S) groups is 1. The van der Waals surface area contributed by atoms with Gasteiger partial charge in [0, 0.05) is 35.8 Å². The molecule has 2 aliphatic carbocycles. The molecule has 1 aliphatic heterocycles. The van der Waals surface area contributed by atoms with Crippen LogP contribution < -0.4 is 20.5 Å². The van der Waals surface area contributed by atoms with E-state index in [1.54, 1.807) is 47.1 Å². The number of methoxy groups -OCH3 is 2. The highest BCUT2D eigenvalue weighted by Gasteiger charge is 2.48. The van der Waals surface area contributed by atoms with Crippen LogP contribution >= 0.6 is 24.0 Å². The molecule has 14 heteroatoms. The summed E-state index contributed by atoms with van der Waals surface area (Å²) in [7, 11) is 3.13. The van der Waals surface area contributed by atoms with E-state index < -0.39 is 35.9 Å². The SMILES string of the molecule is COc1cc(OC)cc(-c2cc(CCCNC(=O)[C@H](CC(N)=O)N(C(=O)O)C(C)(C)C)c(C=C3SC(=S)N(C4CC5CCC4C5)C3=O)o2)c1. The van der Waals surface area contributed by atoms with Crippen LogP contribution in [-0.2, 0) is 20.8 Å². The molecule has 1 saturated heterocycles. The summed E-state index contributed by atoms with van der Waals surface area (Å²) in [5, 5.41) is 12.6. The summed E-state index contributed by atoms with van der Waals surface area (Å²) in [5.74, 6) is 1.85. The fourth-order valence-electron chi connectivity index (χ4n) is 7.25. The molecule has 3 unspecified atom stereocenters. The van der Waals surface area contributed by atoms with Gasteiger partial charge in [-0.1, -0.05) is 30.4 Å². The van der Waals surface area contributed by atoms with Crippen molar-refractivity contribution in [2.24, 2.45) is 17.6 Å². The quantitative estimate of drug-likeness (QED) is 0.139. The van der Waals surface area contributed by atoms with Crippen LogP contribution in [0.4, 0.5) is 4.79 Å². The first kappa shape index (κ1) is 36.2. The number of benzene rings is 1. The lowest BCUT2D eigenvalue weighted by atomic mass is 9.94. The van der Waals surface area contributed by atoms with Crippen molar-refractivity contribution in [1.29, 1.82) is 0 Å². The average Bonchev–Trinajstić information content (AvgIpc) is 3.82. The number of nitrogens with zero attached hydrogens (tertiary/aromatic N) is 2. The largest absolute Gasteiger partial charge is 0.497 e. The second-order valence-electron chi connectivity index (χ2n) is 13.8. The van der Waals surface area contributed by atoms with Gasteiger partial charge < -0.3 is 30.0 Å². The van der Waals surface area contributed by atoms with E-state index in [0.717, 1.165) is 29.7 Å². The summed E-state index contributed by atoms with van der Waals surface area (Å²) in [6.45, 7) is 5.11. The standard InChI is InChI=1S/C35H44N4O8S2/c1-35(2,3)39(33(43)44)26(17-30(36)40)31(41)37-10-6-7-21-15-27(22-13-23(45-4)16-24(14-22)46-5)47-28(21)18-29-32(42)38(34(48)49-29)25-12-19-8-9-20(25)11-19/h13-16,18-20,25-26H,6-12,17H2,1-5H3,(H2,36,40)(H,37,41)(H,43,44)/t19?,20?,25?,26-/m0/s1. The van der Waals surface area contributed by atoms with Gasteiger partial charge in [0.1, 0.15) is 33.4 Å². The molecule has 2 heterocycles. The van der Waals surface area contributed by atoms with Gasteiger partial charge in [-0.2, -0.15) is 0 Å². The van der Waals surface area contributed by atoms with Gasteiger partial charge in [0.25, 0.3) is 5.91 Å². The van der Waals surface area contributed by atoms with Gasteiger partial charge in [0.15, 0.2) is 0 Å². The topological polar surface area (TPSA) is 165 Å². The van der Waals surface area contributed by atoms with Crippen molar-refractivity contribution in [3.8, 4) is 22.8 Å². The molecule has 264 valence electrons. The fourth-order valence-corrected chi connectivity index (χ4v) is 8.60. The average molecular weight is 713 g/mol. The molecule has 1 aromatic carbocycles. The Balaban J connectivity index is 1.37. The first-order valence-electron chi connectivity index (χ1n) is 16.4. The Bertz CT molecular complexity index is 1640. The van der Waals surface area contributed by atoms with Gasteiger partial charge in [-0.25, -0.2) is 4.79 Å². The second-order valence-corrected chi connectivity index (χ2v) is 15.5. The van der Waals surface area contributed by atoms with Crippen molar-refractivity contribution in [3.05, 3.63) is 40.5 Å². The molecule has 2 bridgehead atoms. The molecule has 1 aromatic heterocycles. The minimum Gasteiger partial charge on any atom is -0.497 e. The summed E-state index contributed by atoms with van der Waals surface area (Å²) >= 11 is 6.99. The molecule has 2 aromatic rings. The summed E-state index contributed by atoms with van der Waals surface area (Å²) in [6, 6.07) is 6.16. The van der Waals surface area contributed by atoms with Crippen LogP contribution in [0.2, 0.25) is 0 Å². The van der Waals surface area contributed by atoms with E-state index in [4.69, 9.17) is 31.8 Å². The monoisotopic (exact) mass is 712 g/mol. The van der Waals surface area contributed by atoms with Crippen molar-refractivity contribution in [3.63, 3.8) is 0 Å². The van der Waals surface area contributed by atoms with Crippen LogP contribution in [0.3, 0.4) is 0 Å². The van der Waals surface area contributed by atoms with E-state index in [-0.39, 0.29) is 18.5 Å². The molecule has 12 nitrogen and oxygen atoms in total. The molecule has 4 amide bonds. The number of amides is 4. The fraction of sp³-hybridized carbons (Fsp3) is 0.514. The molecule has 2 saturated carbocycles. The van der Waals surface area contributed by atoms with Gasteiger partial charge >= 0.3 is 6.09 Å². The smallest absolute Gasteiger partial charge is 0.408 e. The lowest BCUT2D eigenvalue weighted by Crippen LogP contribution is -2.57. The van der Waals surface area contributed by atoms with E-state index in [2.05, 4.69) is 5.32 Å². The summed E-state index contributed by atoms with van der Waals surface area (Å²) in [6.07, 6.45) is 5.37. The Kier molecular flexibility index (Phi) is 11.0. The Morgan fingerprint density at radius 2 is 1.86 bits per heavy atom. The maximum Gasteiger partial charge on any atom is 0.408 e. The molecule has 4 atom stereocenters. The number of carboxylic acid groups (broad SMARTS) is 1. The van der Waals surface area contributed by atoms with Crippen molar-refractivity contribution >= 4 is 58.2 Å². The number of fused-ring (bicyclic) bond motifs is 2. The number of hydrogen-bond acceptors (Lipinski definition) is 9. The number of primary amides is 1. The molecule has 49 heavy (non-hydrogen) atoms. The Hall–Kier alpha value is -4.04.